The van der Waals surface area contributed by atoms with E-state index in [4.69, 9.17) is 5.73 Å². The largest absolute Gasteiger partial charge is 0.330 e. The van der Waals surface area contributed by atoms with Gasteiger partial charge in [-0.2, -0.15) is 0 Å². The van der Waals surface area contributed by atoms with Crippen molar-refractivity contribution in [3.05, 3.63) is 11.6 Å². The molecule has 52 valence electrons. The van der Waals surface area contributed by atoms with Crippen molar-refractivity contribution in [3.8, 4) is 0 Å². The second kappa shape index (κ2) is 3.02. The molecular formula is C8H15N. The number of hydrogen-bond acceptors (Lipinski definition) is 1. The summed E-state index contributed by atoms with van der Waals surface area (Å²) >= 11 is 0. The second-order valence-corrected chi connectivity index (χ2v) is 2.93. The maximum absolute atomic E-state index is 5.54. The summed E-state index contributed by atoms with van der Waals surface area (Å²) in [4.78, 5) is 0. The molecule has 0 aromatic carbocycles. The molecule has 2 N–H and O–H groups in total. The summed E-state index contributed by atoms with van der Waals surface area (Å²) in [7, 11) is 0. The second-order valence-electron chi connectivity index (χ2n) is 2.93. The maximum atomic E-state index is 5.54. The summed E-state index contributed by atoms with van der Waals surface area (Å²) in [5, 5.41) is 0. The van der Waals surface area contributed by atoms with Crippen molar-refractivity contribution < 1.29 is 0 Å². The molecule has 1 nitrogen and oxygen atoms in total. The quantitative estimate of drug-likeness (QED) is 0.530. The van der Waals surface area contributed by atoms with Gasteiger partial charge in [0.15, 0.2) is 0 Å². The Hall–Kier alpha value is -0.300. The Kier molecular flexibility index (Phi) is 2.29. The Morgan fingerprint density at radius 2 is 2.56 bits per heavy atom. The number of allylic oxidation sites excluding steroid dienone is 2. The van der Waals surface area contributed by atoms with Gasteiger partial charge in [0.25, 0.3) is 0 Å². The smallest absolute Gasteiger partial charge is 0.00457 e. The van der Waals surface area contributed by atoms with E-state index < -0.39 is 0 Å². The molecule has 1 unspecified atom stereocenters. The molecule has 0 radical (unpaired) electrons. The van der Waals surface area contributed by atoms with Gasteiger partial charge in [-0.1, -0.05) is 11.6 Å². The van der Waals surface area contributed by atoms with Gasteiger partial charge < -0.3 is 5.73 Å². The molecule has 0 spiro atoms. The molecule has 9 heavy (non-hydrogen) atoms. The van der Waals surface area contributed by atoms with Crippen molar-refractivity contribution in [2.24, 2.45) is 11.7 Å². The van der Waals surface area contributed by atoms with Gasteiger partial charge in [-0.15, -0.1) is 0 Å². The first-order valence-electron chi connectivity index (χ1n) is 3.68. The van der Waals surface area contributed by atoms with Gasteiger partial charge >= 0.3 is 0 Å². The van der Waals surface area contributed by atoms with E-state index in [9.17, 15) is 0 Å². The molecule has 1 aliphatic rings. The van der Waals surface area contributed by atoms with Crippen molar-refractivity contribution in [1.82, 2.24) is 0 Å². The van der Waals surface area contributed by atoms with Crippen LogP contribution in [-0.2, 0) is 0 Å². The lowest BCUT2D eigenvalue weighted by Crippen LogP contribution is -2.16. The van der Waals surface area contributed by atoms with Crippen LogP contribution in [0.15, 0.2) is 11.6 Å². The molecule has 1 atom stereocenters. The highest BCUT2D eigenvalue weighted by Gasteiger charge is 2.09. The average molecular weight is 125 g/mol. The summed E-state index contributed by atoms with van der Waals surface area (Å²) in [6.07, 6.45) is 6.10. The molecule has 0 amide bonds. The van der Waals surface area contributed by atoms with Crippen molar-refractivity contribution in [2.75, 3.05) is 6.54 Å². The van der Waals surface area contributed by atoms with Crippen molar-refractivity contribution >= 4 is 0 Å². The van der Waals surface area contributed by atoms with E-state index in [-0.39, 0.29) is 0 Å². The topological polar surface area (TPSA) is 26.0 Å². The molecule has 1 rings (SSSR count). The molecule has 0 fully saturated rings. The molecule has 0 aromatic heterocycles. The average Bonchev–Trinajstić information content (AvgIpc) is 1.88. The fourth-order valence-electron chi connectivity index (χ4n) is 1.41. The highest BCUT2D eigenvalue weighted by molar-refractivity contribution is 5.03. The van der Waals surface area contributed by atoms with Gasteiger partial charge in [0.05, 0.1) is 0 Å². The third kappa shape index (κ3) is 1.83. The minimum absolute atomic E-state index is 0.773. The van der Waals surface area contributed by atoms with Crippen molar-refractivity contribution in [2.45, 2.75) is 26.2 Å². The SMILES string of the molecule is CC1=CCCC(CN)C1. The molecule has 0 aromatic rings. The lowest BCUT2D eigenvalue weighted by Gasteiger charge is -2.18. The molecule has 0 heterocycles. The van der Waals surface area contributed by atoms with E-state index >= 15 is 0 Å². The third-order valence-corrected chi connectivity index (χ3v) is 2.01. The van der Waals surface area contributed by atoms with Gasteiger partial charge in [-0.3, -0.25) is 0 Å². The Morgan fingerprint density at radius 3 is 3.00 bits per heavy atom. The van der Waals surface area contributed by atoms with Gasteiger partial charge in [0.1, 0.15) is 0 Å². The monoisotopic (exact) mass is 125 g/mol. The standard InChI is InChI=1S/C8H15N/c1-7-3-2-4-8(5-7)6-9/h3,8H,2,4-6,9H2,1H3. The molecule has 0 saturated heterocycles. The van der Waals surface area contributed by atoms with E-state index in [1.165, 1.54) is 24.8 Å². The number of rotatable bonds is 1. The molecule has 0 aliphatic heterocycles. The van der Waals surface area contributed by atoms with Crippen LogP contribution in [0.2, 0.25) is 0 Å². The molecule has 0 bridgehead atoms. The fourth-order valence-corrected chi connectivity index (χ4v) is 1.41. The maximum Gasteiger partial charge on any atom is -0.00457 e. The Balaban J connectivity index is 2.39. The normalized spacial score (nSPS) is 27.8. The predicted octanol–water partition coefficient (Wildman–Crippen LogP) is 1.69. The van der Waals surface area contributed by atoms with Crippen LogP contribution >= 0.6 is 0 Å². The van der Waals surface area contributed by atoms with Crippen LogP contribution in [0.25, 0.3) is 0 Å². The first kappa shape index (κ1) is 6.81. The highest BCUT2D eigenvalue weighted by atomic mass is 14.5. The van der Waals surface area contributed by atoms with Crippen LogP contribution in [0.5, 0.6) is 0 Å². The van der Waals surface area contributed by atoms with Crippen LogP contribution in [0, 0.1) is 5.92 Å². The van der Waals surface area contributed by atoms with Gasteiger partial charge in [-0.25, -0.2) is 0 Å². The van der Waals surface area contributed by atoms with Gasteiger partial charge in [0.2, 0.25) is 0 Å². The minimum atomic E-state index is 0.773. The Morgan fingerprint density at radius 1 is 1.78 bits per heavy atom. The lowest BCUT2D eigenvalue weighted by molar-refractivity contribution is 0.476. The van der Waals surface area contributed by atoms with Crippen LogP contribution in [0.3, 0.4) is 0 Å². The highest BCUT2D eigenvalue weighted by Crippen LogP contribution is 2.21. The summed E-state index contributed by atoms with van der Waals surface area (Å²) in [6, 6.07) is 0. The first-order valence-corrected chi connectivity index (χ1v) is 3.68. The minimum Gasteiger partial charge on any atom is -0.330 e. The zero-order valence-electron chi connectivity index (χ0n) is 6.06. The van der Waals surface area contributed by atoms with Crippen molar-refractivity contribution in [1.29, 1.82) is 0 Å². The molecule has 1 aliphatic carbocycles. The molecular weight excluding hydrogens is 110 g/mol. The Labute approximate surface area is 56.9 Å². The lowest BCUT2D eigenvalue weighted by atomic mass is 9.90. The number of nitrogens with two attached hydrogens (primary N) is 1. The summed E-state index contributed by atoms with van der Waals surface area (Å²) in [6.45, 7) is 3.06. The predicted molar refractivity (Wildman–Crippen MR) is 40.2 cm³/mol. The van der Waals surface area contributed by atoms with E-state index in [0.717, 1.165) is 12.5 Å². The van der Waals surface area contributed by atoms with Crippen LogP contribution in [0.4, 0.5) is 0 Å². The Bertz CT molecular complexity index is 116. The fraction of sp³-hybridized carbons (Fsp3) is 0.750. The van der Waals surface area contributed by atoms with Gasteiger partial charge in [0, 0.05) is 0 Å². The van der Waals surface area contributed by atoms with Crippen LogP contribution in [-0.4, -0.2) is 6.54 Å². The zero-order chi connectivity index (χ0) is 6.69. The number of hydrogen-bond donors (Lipinski definition) is 1. The van der Waals surface area contributed by atoms with E-state index in [1.807, 2.05) is 0 Å². The summed E-state index contributed by atoms with van der Waals surface area (Å²) in [5.41, 5.74) is 7.06. The van der Waals surface area contributed by atoms with E-state index in [1.54, 1.807) is 0 Å². The van der Waals surface area contributed by atoms with E-state index in [0.29, 0.717) is 0 Å². The van der Waals surface area contributed by atoms with Gasteiger partial charge in [-0.05, 0) is 38.6 Å². The van der Waals surface area contributed by atoms with Crippen LogP contribution < -0.4 is 5.73 Å². The zero-order valence-corrected chi connectivity index (χ0v) is 6.06. The van der Waals surface area contributed by atoms with Crippen LogP contribution in [0.1, 0.15) is 26.2 Å². The van der Waals surface area contributed by atoms with Crippen molar-refractivity contribution in [3.63, 3.8) is 0 Å². The summed E-state index contributed by atoms with van der Waals surface area (Å²) in [5.74, 6) is 0.773. The van der Waals surface area contributed by atoms with E-state index in [2.05, 4.69) is 13.0 Å². The first-order chi connectivity index (χ1) is 4.33. The molecule has 1 heteroatoms. The summed E-state index contributed by atoms with van der Waals surface area (Å²) < 4.78 is 0. The molecule has 0 saturated carbocycles. The third-order valence-electron chi connectivity index (χ3n) is 2.01.